The smallest absolute Gasteiger partial charge is 1.00 e. The number of hydrogen-bond donors (Lipinski definition) is 3. The first kappa shape index (κ1) is 15.1. The minimum Gasteiger partial charge on any atom is -1.00 e. The first-order valence-corrected chi connectivity index (χ1v) is 3.37. The Balaban J connectivity index is 0. The monoisotopic (exact) mass is 253 g/mol. The quantitative estimate of drug-likeness (QED) is 0.459. The summed E-state index contributed by atoms with van der Waals surface area (Å²) in [5.74, 6) is -7.70. The Hall–Kier alpha value is -0.944. The third-order valence-corrected chi connectivity index (χ3v) is 1.21. The zero-order valence-corrected chi connectivity index (χ0v) is 11.0. The molecule has 0 saturated heterocycles. The number of carboxylic acids is 3. The normalized spacial score (nSPS) is 9.00. The van der Waals surface area contributed by atoms with Gasteiger partial charge >= 0.3 is 69.3 Å². The molecule has 80 valence electrons. The van der Waals surface area contributed by atoms with Gasteiger partial charge in [-0.1, -0.05) is 0 Å². The molecule has 0 bridgehead atoms. The summed E-state index contributed by atoms with van der Waals surface area (Å²) in [6.45, 7) is 0. The standard InChI is InChI=1S/C6H3N3O6.K.H/c10-4(11)1-7-2(5(12)13)9-3(8-1)6(14)15;;/h(H,10,11)(H,12,13)(H,14,15);;/q;+1;-1. The summed E-state index contributed by atoms with van der Waals surface area (Å²) in [6.07, 6.45) is 0. The van der Waals surface area contributed by atoms with Crippen LogP contribution in [0.2, 0.25) is 0 Å². The Morgan fingerprint density at radius 2 is 0.938 bits per heavy atom. The molecule has 0 radical (unpaired) electrons. The molecule has 0 atom stereocenters. The van der Waals surface area contributed by atoms with Crippen LogP contribution in [0, 0.1) is 0 Å². The van der Waals surface area contributed by atoms with Crippen LogP contribution >= 0.6 is 0 Å². The second-order valence-corrected chi connectivity index (χ2v) is 2.22. The maximum Gasteiger partial charge on any atom is 1.00 e. The van der Waals surface area contributed by atoms with Gasteiger partial charge in [-0.2, -0.15) is 15.0 Å². The number of hydrogen-bond acceptors (Lipinski definition) is 6. The van der Waals surface area contributed by atoms with Crippen LogP contribution in [-0.2, 0) is 0 Å². The van der Waals surface area contributed by atoms with E-state index in [1.165, 1.54) is 0 Å². The summed E-state index contributed by atoms with van der Waals surface area (Å²) in [5.41, 5.74) is 0. The molecular weight excluding hydrogens is 249 g/mol. The molecule has 0 aliphatic rings. The van der Waals surface area contributed by atoms with Gasteiger partial charge in [0.2, 0.25) is 17.5 Å². The Labute approximate surface area is 131 Å². The van der Waals surface area contributed by atoms with E-state index < -0.39 is 35.4 Å². The molecule has 9 nitrogen and oxygen atoms in total. The number of aromatic carboxylic acids is 3. The van der Waals surface area contributed by atoms with Crippen molar-refractivity contribution in [2.24, 2.45) is 0 Å². The predicted octanol–water partition coefficient (Wildman–Crippen LogP) is -3.92. The van der Waals surface area contributed by atoms with Crippen molar-refractivity contribution < 1.29 is 82.5 Å². The van der Waals surface area contributed by atoms with Crippen molar-refractivity contribution in [1.29, 1.82) is 0 Å². The van der Waals surface area contributed by atoms with Gasteiger partial charge < -0.3 is 16.7 Å². The van der Waals surface area contributed by atoms with Crippen molar-refractivity contribution in [3.05, 3.63) is 17.5 Å². The van der Waals surface area contributed by atoms with E-state index in [1.54, 1.807) is 0 Å². The maximum atomic E-state index is 10.4. The molecule has 0 saturated carbocycles. The summed E-state index contributed by atoms with van der Waals surface area (Å²) < 4.78 is 0. The van der Waals surface area contributed by atoms with Crippen molar-refractivity contribution in [2.45, 2.75) is 0 Å². The molecule has 0 unspecified atom stereocenters. The fourth-order valence-corrected chi connectivity index (χ4v) is 0.663. The number of nitrogens with zero attached hydrogens (tertiary/aromatic N) is 3. The molecule has 0 aliphatic carbocycles. The van der Waals surface area contributed by atoms with Crippen molar-refractivity contribution >= 4 is 17.9 Å². The molecule has 0 spiro atoms. The van der Waals surface area contributed by atoms with Crippen LogP contribution in [0.15, 0.2) is 0 Å². The zero-order valence-electron chi connectivity index (χ0n) is 8.91. The number of carbonyl (C=O) groups is 3. The Kier molecular flexibility index (Phi) is 5.61. The van der Waals surface area contributed by atoms with Crippen LogP contribution in [0.4, 0.5) is 0 Å². The van der Waals surface area contributed by atoms with E-state index in [2.05, 4.69) is 15.0 Å². The van der Waals surface area contributed by atoms with Gasteiger partial charge in [-0.05, 0) is 0 Å². The molecule has 3 N–H and O–H groups in total. The second kappa shape index (κ2) is 5.96. The van der Waals surface area contributed by atoms with E-state index in [0.717, 1.165) is 0 Å². The summed E-state index contributed by atoms with van der Waals surface area (Å²) in [7, 11) is 0. The van der Waals surface area contributed by atoms with Crippen LogP contribution in [0.5, 0.6) is 0 Å². The van der Waals surface area contributed by atoms with Crippen LogP contribution in [-0.4, -0.2) is 48.2 Å². The largest absolute Gasteiger partial charge is 1.00 e. The number of rotatable bonds is 3. The van der Waals surface area contributed by atoms with Crippen molar-refractivity contribution in [1.82, 2.24) is 15.0 Å². The van der Waals surface area contributed by atoms with Gasteiger partial charge in [-0.3, -0.25) is 0 Å². The summed E-state index contributed by atoms with van der Waals surface area (Å²) >= 11 is 0. The molecule has 1 aromatic heterocycles. The average molecular weight is 253 g/mol. The first-order chi connectivity index (χ1) is 6.91. The Morgan fingerprint density at radius 3 is 1.06 bits per heavy atom. The fourth-order valence-electron chi connectivity index (χ4n) is 0.663. The molecule has 0 aliphatic heterocycles. The van der Waals surface area contributed by atoms with Crippen LogP contribution < -0.4 is 51.4 Å². The van der Waals surface area contributed by atoms with Crippen molar-refractivity contribution in [3.8, 4) is 0 Å². The minimum atomic E-state index is -1.64. The topological polar surface area (TPSA) is 151 Å². The Morgan fingerprint density at radius 1 is 0.750 bits per heavy atom. The third kappa shape index (κ3) is 3.57. The molecule has 10 heteroatoms. The van der Waals surface area contributed by atoms with Gasteiger partial charge in [0, 0.05) is 0 Å². The van der Waals surface area contributed by atoms with E-state index in [1.807, 2.05) is 0 Å². The SMILES string of the molecule is O=C(O)c1nc(C(=O)O)nc(C(=O)O)n1.[H-].[K+]. The van der Waals surface area contributed by atoms with Gasteiger partial charge in [-0.25, -0.2) is 14.4 Å². The molecule has 0 aromatic carbocycles. The molecule has 0 amide bonds. The molecule has 1 heterocycles. The van der Waals surface area contributed by atoms with Crippen molar-refractivity contribution in [2.75, 3.05) is 0 Å². The number of aromatic nitrogens is 3. The first-order valence-electron chi connectivity index (χ1n) is 3.37. The molecule has 1 rings (SSSR count). The molecule has 0 fully saturated rings. The fraction of sp³-hybridized carbons (Fsp3) is 0. The zero-order chi connectivity index (χ0) is 11.6. The average Bonchev–Trinajstić information content (AvgIpc) is 2.16. The molecule has 1 aromatic rings. The van der Waals surface area contributed by atoms with Gasteiger partial charge in [0.15, 0.2) is 0 Å². The third-order valence-electron chi connectivity index (χ3n) is 1.21. The maximum absolute atomic E-state index is 10.4. The summed E-state index contributed by atoms with van der Waals surface area (Å²) in [5, 5.41) is 25.4. The molecule has 16 heavy (non-hydrogen) atoms. The number of carboxylic acid groups (broad SMARTS) is 3. The van der Waals surface area contributed by atoms with E-state index in [-0.39, 0.29) is 52.8 Å². The van der Waals surface area contributed by atoms with Crippen molar-refractivity contribution in [3.63, 3.8) is 0 Å². The van der Waals surface area contributed by atoms with Gasteiger partial charge in [0.05, 0.1) is 0 Å². The van der Waals surface area contributed by atoms with E-state index in [0.29, 0.717) is 0 Å². The van der Waals surface area contributed by atoms with Crippen LogP contribution in [0.1, 0.15) is 33.3 Å². The van der Waals surface area contributed by atoms with Crippen LogP contribution in [0.25, 0.3) is 0 Å². The predicted molar refractivity (Wildman–Crippen MR) is 41.8 cm³/mol. The Bertz CT molecular complexity index is 388. The van der Waals surface area contributed by atoms with Crippen LogP contribution in [0.3, 0.4) is 0 Å². The second-order valence-electron chi connectivity index (χ2n) is 2.22. The summed E-state index contributed by atoms with van der Waals surface area (Å²) in [6, 6.07) is 0. The van der Waals surface area contributed by atoms with E-state index in [9.17, 15) is 14.4 Å². The van der Waals surface area contributed by atoms with Gasteiger partial charge in [0.1, 0.15) is 0 Å². The minimum absolute atomic E-state index is 0. The summed E-state index contributed by atoms with van der Waals surface area (Å²) in [4.78, 5) is 40.3. The molecular formula is C6H4KN3O6. The van der Waals surface area contributed by atoms with Gasteiger partial charge in [-0.15, -0.1) is 0 Å². The van der Waals surface area contributed by atoms with E-state index in [4.69, 9.17) is 15.3 Å². The van der Waals surface area contributed by atoms with Gasteiger partial charge in [0.25, 0.3) is 0 Å². The van der Waals surface area contributed by atoms with E-state index >= 15 is 0 Å².